The first-order valence-corrected chi connectivity index (χ1v) is 4.59. The quantitative estimate of drug-likeness (QED) is 0.659. The first-order chi connectivity index (χ1) is 6.16. The van der Waals surface area contributed by atoms with Gasteiger partial charge in [-0.05, 0) is 26.3 Å². The molecule has 0 amide bonds. The summed E-state index contributed by atoms with van der Waals surface area (Å²) in [5, 5.41) is 8.95. The van der Waals surface area contributed by atoms with Crippen molar-refractivity contribution in [2.75, 3.05) is 6.54 Å². The minimum Gasteiger partial charge on any atom is -0.480 e. The van der Waals surface area contributed by atoms with Crippen LogP contribution >= 0.6 is 0 Å². The van der Waals surface area contributed by atoms with Crippen molar-refractivity contribution in [2.24, 2.45) is 0 Å². The Kier molecular flexibility index (Phi) is 3.32. The molecular formula is C10H15NO2. The van der Waals surface area contributed by atoms with Crippen LogP contribution in [0.3, 0.4) is 0 Å². The van der Waals surface area contributed by atoms with Gasteiger partial charge in [0.2, 0.25) is 0 Å². The second-order valence-corrected chi connectivity index (χ2v) is 3.49. The summed E-state index contributed by atoms with van der Waals surface area (Å²) < 4.78 is 0. The van der Waals surface area contributed by atoms with Crippen molar-refractivity contribution in [3.05, 3.63) is 0 Å². The van der Waals surface area contributed by atoms with E-state index >= 15 is 0 Å². The number of carboxylic acids is 1. The Balaban J connectivity index is 2.64. The van der Waals surface area contributed by atoms with Crippen LogP contribution in [0, 0.1) is 12.3 Å². The summed E-state index contributed by atoms with van der Waals surface area (Å²) >= 11 is 0. The highest BCUT2D eigenvalue weighted by atomic mass is 16.4. The second kappa shape index (κ2) is 4.29. The molecule has 1 rings (SSSR count). The number of rotatable bonds is 3. The van der Waals surface area contributed by atoms with Crippen molar-refractivity contribution >= 4 is 5.97 Å². The number of nitrogens with zero attached hydrogens (tertiary/aromatic N) is 1. The molecule has 2 atom stereocenters. The number of hydrogen-bond donors (Lipinski definition) is 1. The van der Waals surface area contributed by atoms with E-state index < -0.39 is 12.0 Å². The number of terminal acetylenes is 1. The molecule has 0 aromatic carbocycles. The topological polar surface area (TPSA) is 40.5 Å². The highest BCUT2D eigenvalue weighted by molar-refractivity contribution is 5.74. The fourth-order valence-corrected chi connectivity index (χ4v) is 1.88. The third kappa shape index (κ3) is 2.22. The van der Waals surface area contributed by atoms with Crippen molar-refractivity contribution in [2.45, 2.75) is 38.3 Å². The molecule has 0 aliphatic carbocycles. The van der Waals surface area contributed by atoms with E-state index in [9.17, 15) is 4.79 Å². The third-order valence-electron chi connectivity index (χ3n) is 2.60. The number of carbonyl (C=O) groups is 1. The summed E-state index contributed by atoms with van der Waals surface area (Å²) in [6.07, 6.45) is 7.60. The van der Waals surface area contributed by atoms with E-state index in [1.54, 1.807) is 0 Å². The van der Waals surface area contributed by atoms with Gasteiger partial charge in [-0.3, -0.25) is 9.69 Å². The van der Waals surface area contributed by atoms with Crippen molar-refractivity contribution in [1.29, 1.82) is 0 Å². The Morgan fingerprint density at radius 3 is 2.92 bits per heavy atom. The Bertz CT molecular complexity index is 232. The Labute approximate surface area is 78.7 Å². The van der Waals surface area contributed by atoms with Crippen molar-refractivity contribution in [3.63, 3.8) is 0 Å². The molecule has 3 nitrogen and oxygen atoms in total. The van der Waals surface area contributed by atoms with E-state index in [0.717, 1.165) is 19.4 Å². The summed E-state index contributed by atoms with van der Waals surface area (Å²) in [7, 11) is 0. The maximum Gasteiger partial charge on any atom is 0.321 e. The van der Waals surface area contributed by atoms with Gasteiger partial charge in [0.15, 0.2) is 0 Å². The van der Waals surface area contributed by atoms with Gasteiger partial charge in [-0.2, -0.15) is 0 Å². The lowest BCUT2D eigenvalue weighted by Gasteiger charge is -2.26. The van der Waals surface area contributed by atoms with Gasteiger partial charge >= 0.3 is 5.97 Å². The first-order valence-electron chi connectivity index (χ1n) is 4.59. The fraction of sp³-hybridized carbons (Fsp3) is 0.700. The van der Waals surface area contributed by atoms with E-state index in [1.807, 2.05) is 4.90 Å². The van der Waals surface area contributed by atoms with Gasteiger partial charge in [-0.1, -0.05) is 0 Å². The zero-order valence-electron chi connectivity index (χ0n) is 7.86. The fourth-order valence-electron chi connectivity index (χ4n) is 1.88. The smallest absolute Gasteiger partial charge is 0.321 e. The molecule has 1 heterocycles. The van der Waals surface area contributed by atoms with Gasteiger partial charge in [0.25, 0.3) is 0 Å². The molecule has 0 saturated carbocycles. The van der Waals surface area contributed by atoms with Crippen molar-refractivity contribution < 1.29 is 9.90 Å². The molecule has 1 saturated heterocycles. The van der Waals surface area contributed by atoms with Gasteiger partial charge in [0, 0.05) is 12.5 Å². The number of hydrogen-bond acceptors (Lipinski definition) is 2. The molecule has 0 radical (unpaired) electrons. The van der Waals surface area contributed by atoms with Crippen LogP contribution < -0.4 is 0 Å². The lowest BCUT2D eigenvalue weighted by Crippen LogP contribution is -2.42. The summed E-state index contributed by atoms with van der Waals surface area (Å²) in [5.41, 5.74) is 0. The van der Waals surface area contributed by atoms with Gasteiger partial charge in [0.1, 0.15) is 6.04 Å². The van der Waals surface area contributed by atoms with Crippen LogP contribution in [0.5, 0.6) is 0 Å². The predicted octanol–water partition coefficient (Wildman–Crippen LogP) is 0.947. The maximum atomic E-state index is 10.9. The minimum absolute atomic E-state index is 0.305. The molecule has 0 spiro atoms. The average Bonchev–Trinajstić information content (AvgIpc) is 2.47. The first kappa shape index (κ1) is 10.1. The molecular weight excluding hydrogens is 166 g/mol. The van der Waals surface area contributed by atoms with Gasteiger partial charge in [0.05, 0.1) is 0 Å². The van der Waals surface area contributed by atoms with E-state index in [2.05, 4.69) is 12.8 Å². The van der Waals surface area contributed by atoms with Crippen LogP contribution in [0.15, 0.2) is 0 Å². The monoisotopic (exact) mass is 181 g/mol. The minimum atomic E-state index is -0.799. The third-order valence-corrected chi connectivity index (χ3v) is 2.60. The van der Waals surface area contributed by atoms with Crippen LogP contribution in [0.25, 0.3) is 0 Å². The van der Waals surface area contributed by atoms with Crippen LogP contribution in [-0.4, -0.2) is 34.6 Å². The molecule has 1 aliphatic heterocycles. The van der Waals surface area contributed by atoms with E-state index in [4.69, 9.17) is 11.5 Å². The average molecular weight is 181 g/mol. The zero-order chi connectivity index (χ0) is 9.84. The van der Waals surface area contributed by atoms with Crippen molar-refractivity contribution in [1.82, 2.24) is 4.90 Å². The predicted molar refractivity (Wildman–Crippen MR) is 50.3 cm³/mol. The molecule has 72 valence electrons. The highest BCUT2D eigenvalue weighted by Crippen LogP contribution is 2.20. The molecule has 13 heavy (non-hydrogen) atoms. The van der Waals surface area contributed by atoms with Crippen molar-refractivity contribution in [3.8, 4) is 12.3 Å². The maximum absolute atomic E-state index is 10.9. The SMILES string of the molecule is C#CCC(C(=O)O)N1CCCC1C. The second-order valence-electron chi connectivity index (χ2n) is 3.49. The van der Waals surface area contributed by atoms with Gasteiger partial charge in [-0.25, -0.2) is 0 Å². The van der Waals surface area contributed by atoms with Crippen LogP contribution in [0.1, 0.15) is 26.2 Å². The normalized spacial score (nSPS) is 25.4. The van der Waals surface area contributed by atoms with Gasteiger partial charge in [-0.15, -0.1) is 12.3 Å². The largest absolute Gasteiger partial charge is 0.480 e. The lowest BCUT2D eigenvalue weighted by molar-refractivity contribution is -0.143. The molecule has 2 unspecified atom stereocenters. The summed E-state index contributed by atoms with van der Waals surface area (Å²) in [6, 6.07) is -0.128. The lowest BCUT2D eigenvalue weighted by atomic mass is 10.1. The molecule has 1 aliphatic rings. The molecule has 0 aromatic rings. The number of aliphatic carboxylic acids is 1. The Morgan fingerprint density at radius 1 is 1.85 bits per heavy atom. The van der Waals surface area contributed by atoms with Gasteiger partial charge < -0.3 is 5.11 Å². The summed E-state index contributed by atoms with van der Waals surface area (Å²) in [6.45, 7) is 2.92. The number of carboxylic acid groups (broad SMARTS) is 1. The molecule has 0 bridgehead atoms. The Morgan fingerprint density at radius 2 is 2.54 bits per heavy atom. The Hall–Kier alpha value is -1.01. The summed E-state index contributed by atoms with van der Waals surface area (Å²) in [4.78, 5) is 12.9. The molecule has 0 aromatic heterocycles. The summed E-state index contributed by atoms with van der Waals surface area (Å²) in [5.74, 6) is 1.62. The van der Waals surface area contributed by atoms with E-state index in [1.165, 1.54) is 0 Å². The van der Waals surface area contributed by atoms with Crippen LogP contribution in [0.4, 0.5) is 0 Å². The highest BCUT2D eigenvalue weighted by Gasteiger charge is 2.31. The molecule has 3 heteroatoms. The van der Waals surface area contributed by atoms with E-state index in [0.29, 0.717) is 12.5 Å². The molecule has 1 fully saturated rings. The zero-order valence-corrected chi connectivity index (χ0v) is 7.86. The number of likely N-dealkylation sites (tertiary alicyclic amines) is 1. The van der Waals surface area contributed by atoms with E-state index in [-0.39, 0.29) is 0 Å². The molecule has 1 N–H and O–H groups in total. The van der Waals surface area contributed by atoms with Crippen LogP contribution in [0.2, 0.25) is 0 Å². The standard InChI is InChI=1S/C10H15NO2/c1-3-5-9(10(12)13)11-7-4-6-8(11)2/h1,8-9H,4-7H2,2H3,(H,12,13). The van der Waals surface area contributed by atoms with Crippen LogP contribution in [-0.2, 0) is 4.79 Å².